The zero-order valence-corrected chi connectivity index (χ0v) is 12.6. The predicted molar refractivity (Wildman–Crippen MR) is 81.8 cm³/mol. The Balaban J connectivity index is 2.13. The SMILES string of the molecule is CCOC(=O)C(NC1CCCCC1CO)c1ccccc1. The molecule has 0 amide bonds. The molecule has 2 N–H and O–H groups in total. The fraction of sp³-hybridized carbons (Fsp3) is 0.588. The number of rotatable bonds is 6. The first kappa shape index (κ1) is 16.0. The zero-order chi connectivity index (χ0) is 15.1. The van der Waals surface area contributed by atoms with Crippen molar-refractivity contribution in [3.63, 3.8) is 0 Å². The maximum Gasteiger partial charge on any atom is 0.327 e. The molecule has 3 atom stereocenters. The van der Waals surface area contributed by atoms with Gasteiger partial charge in [0.1, 0.15) is 6.04 Å². The molecule has 0 aromatic heterocycles. The van der Waals surface area contributed by atoms with Crippen LogP contribution in [0.3, 0.4) is 0 Å². The lowest BCUT2D eigenvalue weighted by Crippen LogP contribution is -2.44. The second-order valence-corrected chi connectivity index (χ2v) is 5.60. The van der Waals surface area contributed by atoms with E-state index in [1.807, 2.05) is 37.3 Å². The van der Waals surface area contributed by atoms with Gasteiger partial charge in [0.15, 0.2) is 0 Å². The molecule has 0 spiro atoms. The second-order valence-electron chi connectivity index (χ2n) is 5.60. The quantitative estimate of drug-likeness (QED) is 0.790. The summed E-state index contributed by atoms with van der Waals surface area (Å²) in [5, 5.41) is 13.0. The lowest BCUT2D eigenvalue weighted by Gasteiger charge is -2.33. The number of benzene rings is 1. The summed E-state index contributed by atoms with van der Waals surface area (Å²) in [5.74, 6) is -0.0228. The van der Waals surface area contributed by atoms with Crippen molar-refractivity contribution in [1.29, 1.82) is 0 Å². The largest absolute Gasteiger partial charge is 0.465 e. The van der Waals surface area contributed by atoms with Crippen LogP contribution in [-0.2, 0) is 9.53 Å². The van der Waals surface area contributed by atoms with Crippen molar-refractivity contribution in [2.75, 3.05) is 13.2 Å². The Bertz CT molecular complexity index is 435. The van der Waals surface area contributed by atoms with Crippen molar-refractivity contribution in [3.05, 3.63) is 35.9 Å². The number of hydrogen-bond donors (Lipinski definition) is 2. The molecule has 1 aliphatic rings. The summed E-state index contributed by atoms with van der Waals surface area (Å²) in [4.78, 5) is 12.3. The van der Waals surface area contributed by atoms with Crippen molar-refractivity contribution < 1.29 is 14.6 Å². The minimum Gasteiger partial charge on any atom is -0.465 e. The third-order valence-electron chi connectivity index (χ3n) is 4.18. The van der Waals surface area contributed by atoms with E-state index in [0.717, 1.165) is 31.2 Å². The Morgan fingerprint density at radius 3 is 2.71 bits per heavy atom. The summed E-state index contributed by atoms with van der Waals surface area (Å²) in [6.07, 6.45) is 4.30. The van der Waals surface area contributed by atoms with E-state index in [4.69, 9.17) is 4.74 Å². The molecule has 1 saturated carbocycles. The molecule has 3 unspecified atom stereocenters. The van der Waals surface area contributed by atoms with Crippen LogP contribution in [0.4, 0.5) is 0 Å². The minimum absolute atomic E-state index is 0.165. The summed E-state index contributed by atoms with van der Waals surface area (Å²) in [6.45, 7) is 2.36. The molecule has 0 heterocycles. The number of nitrogens with one attached hydrogen (secondary N) is 1. The van der Waals surface area contributed by atoms with Gasteiger partial charge in [-0.15, -0.1) is 0 Å². The normalized spacial score (nSPS) is 23.5. The van der Waals surface area contributed by atoms with Crippen LogP contribution in [0.25, 0.3) is 0 Å². The summed E-state index contributed by atoms with van der Waals surface area (Å²) in [5.41, 5.74) is 0.915. The second kappa shape index (κ2) is 8.15. The molecular formula is C17H25NO3. The number of hydrogen-bond acceptors (Lipinski definition) is 4. The van der Waals surface area contributed by atoms with E-state index in [1.165, 1.54) is 0 Å². The molecule has 0 bridgehead atoms. The van der Waals surface area contributed by atoms with Gasteiger partial charge in [0, 0.05) is 12.6 Å². The van der Waals surface area contributed by atoms with E-state index in [9.17, 15) is 9.90 Å². The third-order valence-corrected chi connectivity index (χ3v) is 4.18. The Hall–Kier alpha value is -1.39. The van der Waals surface area contributed by atoms with E-state index in [1.54, 1.807) is 0 Å². The predicted octanol–water partition coefficient (Wildman–Crippen LogP) is 2.43. The van der Waals surface area contributed by atoms with E-state index in [-0.39, 0.29) is 24.5 Å². The van der Waals surface area contributed by atoms with Gasteiger partial charge in [-0.1, -0.05) is 43.2 Å². The summed E-state index contributed by atoms with van der Waals surface area (Å²) in [6, 6.07) is 9.36. The highest BCUT2D eigenvalue weighted by Gasteiger charge is 2.30. The van der Waals surface area contributed by atoms with Crippen LogP contribution in [0.2, 0.25) is 0 Å². The molecule has 116 valence electrons. The van der Waals surface area contributed by atoms with Crippen LogP contribution in [0.15, 0.2) is 30.3 Å². The number of esters is 1. The van der Waals surface area contributed by atoms with Crippen LogP contribution in [0.1, 0.15) is 44.2 Å². The van der Waals surface area contributed by atoms with Gasteiger partial charge in [-0.25, -0.2) is 4.79 Å². The van der Waals surface area contributed by atoms with E-state index in [2.05, 4.69) is 5.32 Å². The molecular weight excluding hydrogens is 266 g/mol. The molecule has 21 heavy (non-hydrogen) atoms. The molecule has 4 nitrogen and oxygen atoms in total. The number of aliphatic hydroxyl groups is 1. The number of carbonyl (C=O) groups excluding carboxylic acids is 1. The molecule has 1 aliphatic carbocycles. The van der Waals surface area contributed by atoms with Gasteiger partial charge in [-0.3, -0.25) is 5.32 Å². The first-order valence-corrected chi connectivity index (χ1v) is 7.84. The van der Waals surface area contributed by atoms with Gasteiger partial charge in [0.05, 0.1) is 6.61 Å². The van der Waals surface area contributed by atoms with Crippen molar-refractivity contribution in [3.8, 4) is 0 Å². The van der Waals surface area contributed by atoms with Gasteiger partial charge in [-0.2, -0.15) is 0 Å². The van der Waals surface area contributed by atoms with Gasteiger partial charge >= 0.3 is 5.97 Å². The monoisotopic (exact) mass is 291 g/mol. The van der Waals surface area contributed by atoms with Crippen molar-refractivity contribution in [2.24, 2.45) is 5.92 Å². The van der Waals surface area contributed by atoms with Crippen LogP contribution in [0.5, 0.6) is 0 Å². The van der Waals surface area contributed by atoms with Gasteiger partial charge in [0.25, 0.3) is 0 Å². The standard InChI is InChI=1S/C17H25NO3/c1-2-21-17(20)16(13-8-4-3-5-9-13)18-15-11-7-6-10-14(15)12-19/h3-5,8-9,14-16,18-19H,2,6-7,10-12H2,1H3. The molecule has 1 fully saturated rings. The fourth-order valence-corrected chi connectivity index (χ4v) is 3.03. The zero-order valence-electron chi connectivity index (χ0n) is 12.6. The molecule has 4 heteroatoms. The number of aliphatic hydroxyl groups excluding tert-OH is 1. The highest BCUT2D eigenvalue weighted by atomic mass is 16.5. The highest BCUT2D eigenvalue weighted by Crippen LogP contribution is 2.27. The lowest BCUT2D eigenvalue weighted by atomic mass is 9.84. The molecule has 0 radical (unpaired) electrons. The highest BCUT2D eigenvalue weighted by molar-refractivity contribution is 5.77. The maximum atomic E-state index is 12.3. The van der Waals surface area contributed by atoms with Crippen LogP contribution < -0.4 is 5.32 Å². The first-order chi connectivity index (χ1) is 10.3. The molecule has 1 aromatic rings. The summed E-state index contributed by atoms with van der Waals surface area (Å²) >= 11 is 0. The Labute approximate surface area is 126 Å². The van der Waals surface area contributed by atoms with Crippen LogP contribution in [0, 0.1) is 5.92 Å². The van der Waals surface area contributed by atoms with E-state index >= 15 is 0 Å². The lowest BCUT2D eigenvalue weighted by molar-refractivity contribution is -0.146. The minimum atomic E-state index is -0.455. The average Bonchev–Trinajstić information content (AvgIpc) is 2.54. The Morgan fingerprint density at radius 1 is 1.33 bits per heavy atom. The van der Waals surface area contributed by atoms with Gasteiger partial charge in [0.2, 0.25) is 0 Å². The molecule has 0 aliphatic heterocycles. The van der Waals surface area contributed by atoms with Crippen molar-refractivity contribution in [2.45, 2.75) is 44.7 Å². The van der Waals surface area contributed by atoms with Gasteiger partial charge in [-0.05, 0) is 31.2 Å². The average molecular weight is 291 g/mol. The van der Waals surface area contributed by atoms with Crippen molar-refractivity contribution in [1.82, 2.24) is 5.32 Å². The van der Waals surface area contributed by atoms with Crippen molar-refractivity contribution >= 4 is 5.97 Å². The summed E-state index contributed by atoms with van der Waals surface area (Å²) < 4.78 is 5.20. The smallest absolute Gasteiger partial charge is 0.327 e. The van der Waals surface area contributed by atoms with Crippen LogP contribution in [-0.4, -0.2) is 30.3 Å². The number of ether oxygens (including phenoxy) is 1. The third kappa shape index (κ3) is 4.29. The molecule has 0 saturated heterocycles. The topological polar surface area (TPSA) is 58.6 Å². The summed E-state index contributed by atoms with van der Waals surface area (Å²) in [7, 11) is 0. The molecule has 1 aromatic carbocycles. The Kier molecular flexibility index (Phi) is 6.21. The van der Waals surface area contributed by atoms with Gasteiger partial charge < -0.3 is 9.84 Å². The maximum absolute atomic E-state index is 12.3. The Morgan fingerprint density at radius 2 is 2.05 bits per heavy atom. The van der Waals surface area contributed by atoms with E-state index < -0.39 is 6.04 Å². The first-order valence-electron chi connectivity index (χ1n) is 7.84. The number of carbonyl (C=O) groups is 1. The van der Waals surface area contributed by atoms with Crippen LogP contribution >= 0.6 is 0 Å². The molecule has 2 rings (SSSR count). The fourth-order valence-electron chi connectivity index (χ4n) is 3.03. The van der Waals surface area contributed by atoms with E-state index in [0.29, 0.717) is 6.61 Å².